The summed E-state index contributed by atoms with van der Waals surface area (Å²) >= 11 is 1.49. The molecule has 3 rings (SSSR count). The minimum absolute atomic E-state index is 0.148. The van der Waals surface area contributed by atoms with Crippen molar-refractivity contribution in [2.45, 2.75) is 13.8 Å². The third-order valence-electron chi connectivity index (χ3n) is 3.33. The summed E-state index contributed by atoms with van der Waals surface area (Å²) in [5.74, 6) is -0.269. The molecule has 5 nitrogen and oxygen atoms in total. The molecule has 0 unspecified atom stereocenters. The van der Waals surface area contributed by atoms with Gasteiger partial charge in [0.15, 0.2) is 4.80 Å². The van der Waals surface area contributed by atoms with E-state index in [0.717, 1.165) is 10.2 Å². The first-order valence-electron chi connectivity index (χ1n) is 6.13. The van der Waals surface area contributed by atoms with E-state index in [9.17, 15) is 4.79 Å². The Kier molecular flexibility index (Phi) is 3.02. The maximum atomic E-state index is 11.9. The van der Waals surface area contributed by atoms with E-state index >= 15 is 0 Å². The lowest BCUT2D eigenvalue weighted by Gasteiger charge is -2.03. The topological polar surface area (TPSA) is 60.4 Å². The Bertz CT molecular complexity index is 857. The van der Waals surface area contributed by atoms with Crippen LogP contribution in [0.15, 0.2) is 33.9 Å². The van der Waals surface area contributed by atoms with Crippen LogP contribution >= 0.6 is 11.3 Å². The van der Waals surface area contributed by atoms with Gasteiger partial charge in [0, 0.05) is 13.1 Å². The molecule has 0 aliphatic heterocycles. The minimum atomic E-state index is -0.418. The molecule has 20 heavy (non-hydrogen) atoms. The first kappa shape index (κ1) is 12.8. The molecule has 2 heterocycles. The number of aryl methyl sites for hydroxylation is 3. The SMILES string of the molecule is Cc1ccc2sc(=NC(=O)c3ccno3)n(C)c2c1C. The van der Waals surface area contributed by atoms with Gasteiger partial charge in [-0.3, -0.25) is 4.79 Å². The molecule has 3 aromatic rings. The van der Waals surface area contributed by atoms with Gasteiger partial charge in [-0.15, -0.1) is 0 Å². The van der Waals surface area contributed by atoms with Gasteiger partial charge in [-0.2, -0.15) is 4.99 Å². The summed E-state index contributed by atoms with van der Waals surface area (Å²) < 4.78 is 7.88. The Morgan fingerprint density at radius 1 is 1.35 bits per heavy atom. The number of aromatic nitrogens is 2. The van der Waals surface area contributed by atoms with Gasteiger partial charge >= 0.3 is 5.91 Å². The molecule has 0 saturated heterocycles. The molecule has 2 aromatic heterocycles. The Morgan fingerprint density at radius 3 is 2.85 bits per heavy atom. The van der Waals surface area contributed by atoms with Crippen molar-refractivity contribution in [2.24, 2.45) is 12.0 Å². The monoisotopic (exact) mass is 287 g/mol. The number of amides is 1. The van der Waals surface area contributed by atoms with Crippen LogP contribution in [-0.4, -0.2) is 15.6 Å². The van der Waals surface area contributed by atoms with Crippen LogP contribution in [0.25, 0.3) is 10.2 Å². The number of carbonyl (C=O) groups is 1. The minimum Gasteiger partial charge on any atom is -0.351 e. The predicted octanol–water partition coefficient (Wildman–Crippen LogP) is 2.59. The van der Waals surface area contributed by atoms with Crippen molar-refractivity contribution in [1.29, 1.82) is 0 Å². The van der Waals surface area contributed by atoms with E-state index in [1.54, 1.807) is 0 Å². The van der Waals surface area contributed by atoms with Crippen molar-refractivity contribution in [3.05, 3.63) is 46.1 Å². The largest absolute Gasteiger partial charge is 0.351 e. The summed E-state index contributed by atoms with van der Waals surface area (Å²) in [6.07, 6.45) is 1.43. The highest BCUT2D eigenvalue weighted by Gasteiger charge is 2.11. The molecule has 0 fully saturated rings. The summed E-state index contributed by atoms with van der Waals surface area (Å²) in [6.45, 7) is 4.15. The van der Waals surface area contributed by atoms with Crippen LogP contribution in [-0.2, 0) is 7.05 Å². The average Bonchev–Trinajstić information content (AvgIpc) is 3.04. The Labute approximate surface area is 119 Å². The number of carbonyl (C=O) groups excluding carboxylic acids is 1. The molecule has 1 amide bonds. The quantitative estimate of drug-likeness (QED) is 0.691. The summed E-state index contributed by atoms with van der Waals surface area (Å²) in [6, 6.07) is 5.64. The number of hydrogen-bond donors (Lipinski definition) is 0. The lowest BCUT2D eigenvalue weighted by atomic mass is 10.1. The van der Waals surface area contributed by atoms with E-state index in [1.807, 2.05) is 11.6 Å². The highest BCUT2D eigenvalue weighted by atomic mass is 32.1. The first-order chi connectivity index (χ1) is 9.58. The van der Waals surface area contributed by atoms with Gasteiger partial charge in [0.2, 0.25) is 5.76 Å². The van der Waals surface area contributed by atoms with E-state index in [0.29, 0.717) is 4.80 Å². The molecule has 0 atom stereocenters. The van der Waals surface area contributed by atoms with Crippen LogP contribution in [0.1, 0.15) is 21.7 Å². The fourth-order valence-electron chi connectivity index (χ4n) is 2.10. The zero-order valence-corrected chi connectivity index (χ0v) is 12.2. The van der Waals surface area contributed by atoms with Crippen molar-refractivity contribution in [3.8, 4) is 0 Å². The van der Waals surface area contributed by atoms with Crippen molar-refractivity contribution in [3.63, 3.8) is 0 Å². The Hall–Kier alpha value is -2.21. The lowest BCUT2D eigenvalue weighted by Crippen LogP contribution is -2.13. The van der Waals surface area contributed by atoms with Crippen LogP contribution in [0.2, 0.25) is 0 Å². The summed E-state index contributed by atoms with van der Waals surface area (Å²) in [7, 11) is 1.91. The summed E-state index contributed by atoms with van der Waals surface area (Å²) in [5, 5.41) is 3.52. The maximum Gasteiger partial charge on any atom is 0.318 e. The lowest BCUT2D eigenvalue weighted by molar-refractivity contribution is 0.0962. The van der Waals surface area contributed by atoms with Crippen LogP contribution in [0.4, 0.5) is 0 Å². The molecule has 0 spiro atoms. The third kappa shape index (κ3) is 1.98. The van der Waals surface area contributed by atoms with Crippen molar-refractivity contribution in [2.75, 3.05) is 0 Å². The van der Waals surface area contributed by atoms with Gasteiger partial charge < -0.3 is 9.09 Å². The second kappa shape index (κ2) is 4.72. The van der Waals surface area contributed by atoms with Gasteiger partial charge in [-0.1, -0.05) is 22.6 Å². The predicted molar refractivity (Wildman–Crippen MR) is 76.7 cm³/mol. The first-order valence-corrected chi connectivity index (χ1v) is 6.95. The van der Waals surface area contributed by atoms with Crippen LogP contribution in [0.3, 0.4) is 0 Å². The number of hydrogen-bond acceptors (Lipinski definition) is 4. The number of nitrogens with zero attached hydrogens (tertiary/aromatic N) is 3. The normalized spacial score (nSPS) is 12.2. The Morgan fingerprint density at radius 2 is 2.15 bits per heavy atom. The summed E-state index contributed by atoms with van der Waals surface area (Å²) in [5.41, 5.74) is 3.54. The van der Waals surface area contributed by atoms with Crippen molar-refractivity contribution < 1.29 is 9.32 Å². The zero-order chi connectivity index (χ0) is 14.3. The second-order valence-electron chi connectivity index (χ2n) is 4.59. The molecule has 0 N–H and O–H groups in total. The molecule has 0 radical (unpaired) electrons. The van der Waals surface area contributed by atoms with Crippen LogP contribution in [0.5, 0.6) is 0 Å². The van der Waals surface area contributed by atoms with Crippen LogP contribution in [0, 0.1) is 13.8 Å². The highest BCUT2D eigenvalue weighted by Crippen LogP contribution is 2.22. The molecule has 1 aromatic carbocycles. The molecule has 0 aliphatic rings. The third-order valence-corrected chi connectivity index (χ3v) is 4.43. The highest BCUT2D eigenvalue weighted by molar-refractivity contribution is 7.16. The number of benzene rings is 1. The average molecular weight is 287 g/mol. The second-order valence-corrected chi connectivity index (χ2v) is 5.60. The van der Waals surface area contributed by atoms with E-state index in [-0.39, 0.29) is 5.76 Å². The molecular weight excluding hydrogens is 274 g/mol. The molecule has 0 saturated carbocycles. The van der Waals surface area contributed by atoms with Gasteiger partial charge in [-0.25, -0.2) is 0 Å². The Balaban J connectivity index is 2.21. The molecule has 0 aliphatic carbocycles. The fourth-order valence-corrected chi connectivity index (χ4v) is 3.18. The fraction of sp³-hybridized carbons (Fsp3) is 0.214. The van der Waals surface area contributed by atoms with Crippen molar-refractivity contribution in [1.82, 2.24) is 9.72 Å². The van der Waals surface area contributed by atoms with E-state index < -0.39 is 5.91 Å². The smallest absolute Gasteiger partial charge is 0.318 e. The number of rotatable bonds is 1. The number of fused-ring (bicyclic) bond motifs is 1. The van der Waals surface area contributed by atoms with Crippen LogP contribution < -0.4 is 4.80 Å². The van der Waals surface area contributed by atoms with E-state index in [1.165, 1.54) is 34.7 Å². The van der Waals surface area contributed by atoms with Crippen molar-refractivity contribution >= 4 is 27.5 Å². The number of thiazole rings is 1. The molecule has 0 bridgehead atoms. The zero-order valence-electron chi connectivity index (χ0n) is 11.4. The van der Waals surface area contributed by atoms with E-state index in [4.69, 9.17) is 4.52 Å². The van der Waals surface area contributed by atoms with Gasteiger partial charge in [0.25, 0.3) is 0 Å². The van der Waals surface area contributed by atoms with Gasteiger partial charge in [0.1, 0.15) is 0 Å². The molecule has 6 heteroatoms. The van der Waals surface area contributed by atoms with E-state index in [2.05, 4.69) is 36.1 Å². The molecule has 102 valence electrons. The maximum absolute atomic E-state index is 11.9. The van der Waals surface area contributed by atoms with Gasteiger partial charge in [-0.05, 0) is 31.0 Å². The van der Waals surface area contributed by atoms with Gasteiger partial charge in [0.05, 0.1) is 16.4 Å². The standard InChI is InChI=1S/C14H13N3O2S/c1-8-4-5-11-12(9(8)2)17(3)14(20-11)16-13(18)10-6-7-15-19-10/h4-7H,1-3H3. The summed E-state index contributed by atoms with van der Waals surface area (Å²) in [4.78, 5) is 16.7. The molecular formula is C14H13N3O2S.